The normalized spacial score (nSPS) is 18.8. The number of hydrogen-bond acceptors (Lipinski definition) is 7. The summed E-state index contributed by atoms with van der Waals surface area (Å²) in [4.78, 5) is 17.8. The molecule has 0 amide bonds. The molecule has 208 valence electrons. The van der Waals surface area contributed by atoms with Gasteiger partial charge in [0.15, 0.2) is 17.3 Å². The minimum Gasteiger partial charge on any atom is -0.493 e. The number of Topliss-reactive ketones (excluding diaryl/α,β-unsaturated/α-hetero) is 1. The van der Waals surface area contributed by atoms with Gasteiger partial charge in [0.25, 0.3) is 0 Å². The Labute approximate surface area is 228 Å². The Morgan fingerprint density at radius 1 is 1.15 bits per heavy atom. The first-order chi connectivity index (χ1) is 18.6. The number of pyridine rings is 1. The van der Waals surface area contributed by atoms with Crippen LogP contribution in [0.5, 0.6) is 11.5 Å². The molecule has 2 heterocycles. The molecule has 0 aliphatic carbocycles. The Morgan fingerprint density at radius 3 is 2.59 bits per heavy atom. The van der Waals surface area contributed by atoms with E-state index in [1.54, 1.807) is 37.3 Å². The highest BCUT2D eigenvalue weighted by molar-refractivity contribution is 5.96. The Hall–Kier alpha value is -3.33. The van der Waals surface area contributed by atoms with E-state index in [0.717, 1.165) is 30.6 Å². The number of aromatic nitrogens is 1. The van der Waals surface area contributed by atoms with Crippen molar-refractivity contribution in [2.45, 2.75) is 50.5 Å². The fourth-order valence-corrected chi connectivity index (χ4v) is 4.83. The molecule has 1 aliphatic rings. The molecule has 4 rings (SSSR count). The van der Waals surface area contributed by atoms with Crippen LogP contribution in [0.2, 0.25) is 0 Å². The van der Waals surface area contributed by atoms with E-state index in [4.69, 9.17) is 24.3 Å². The number of benzene rings is 2. The summed E-state index contributed by atoms with van der Waals surface area (Å²) in [6.45, 7) is 5.05. The third-order valence-electron chi connectivity index (χ3n) is 7.33. The number of carbonyl (C=O) groups excluding carboxylic acids is 1. The lowest BCUT2D eigenvalue weighted by Crippen LogP contribution is -2.34. The average Bonchev–Trinajstić information content (AvgIpc) is 2.95. The number of rotatable bonds is 11. The molecule has 1 saturated heterocycles. The molecule has 2 unspecified atom stereocenters. The second-order valence-electron chi connectivity index (χ2n) is 10.5. The number of nitrogens with zero attached hydrogens (tertiary/aromatic N) is 1. The van der Waals surface area contributed by atoms with E-state index < -0.39 is 5.60 Å². The number of ether oxygens (including phenoxy) is 3. The van der Waals surface area contributed by atoms with E-state index in [1.165, 1.54) is 19.2 Å². The molecule has 0 radical (unpaired) electrons. The minimum absolute atomic E-state index is 0.0746. The van der Waals surface area contributed by atoms with E-state index >= 15 is 0 Å². The highest BCUT2D eigenvalue weighted by Crippen LogP contribution is 2.37. The highest BCUT2D eigenvalue weighted by atomic mass is 19.1. The van der Waals surface area contributed by atoms with E-state index in [2.05, 4.69) is 6.92 Å². The van der Waals surface area contributed by atoms with Gasteiger partial charge in [0.2, 0.25) is 0 Å². The fourth-order valence-electron chi connectivity index (χ4n) is 4.83. The monoisotopic (exact) mass is 537 g/mol. The van der Waals surface area contributed by atoms with E-state index in [9.17, 15) is 14.3 Å². The van der Waals surface area contributed by atoms with Crippen LogP contribution in [-0.2, 0) is 15.8 Å². The smallest absolute Gasteiger partial charge is 0.163 e. The summed E-state index contributed by atoms with van der Waals surface area (Å²) >= 11 is 0. The first kappa shape index (κ1) is 28.7. The number of halogens is 1. The minimum atomic E-state index is -1.40. The average molecular weight is 538 g/mol. The van der Waals surface area contributed by atoms with Crippen LogP contribution in [0.25, 0.3) is 11.3 Å². The van der Waals surface area contributed by atoms with Crippen LogP contribution in [0.1, 0.15) is 61.1 Å². The van der Waals surface area contributed by atoms with Crippen molar-refractivity contribution >= 4 is 5.78 Å². The summed E-state index contributed by atoms with van der Waals surface area (Å²) in [6, 6.07) is 14.9. The predicted octanol–water partition coefficient (Wildman–Crippen LogP) is 5.21. The topological polar surface area (TPSA) is 98.1 Å². The fraction of sp³-hybridized carbons (Fsp3) is 0.419. The van der Waals surface area contributed by atoms with Crippen molar-refractivity contribution in [1.29, 1.82) is 0 Å². The molecular weight excluding hydrogens is 501 g/mol. The Balaban J connectivity index is 1.60. The van der Waals surface area contributed by atoms with Crippen molar-refractivity contribution in [3.8, 4) is 22.8 Å². The standard InChI is InChI=1S/C31H36FNO6/c1-30(12-4-15-38-20-30)23-18-25(21-5-8-24(32)9-6-21)33-29(19-23)31(2,36)13-11-26(35)22-7-10-27(39-16-14-34)28(17-22)37-3/h5-10,17-19,34,36H,4,11-16,20H2,1-3H3. The van der Waals surface area contributed by atoms with Crippen molar-refractivity contribution < 1.29 is 33.6 Å². The van der Waals surface area contributed by atoms with E-state index in [-0.39, 0.29) is 43.1 Å². The molecule has 3 aromatic rings. The summed E-state index contributed by atoms with van der Waals surface area (Å²) < 4.78 is 30.2. The van der Waals surface area contributed by atoms with Crippen LogP contribution in [0.4, 0.5) is 4.39 Å². The lowest BCUT2D eigenvalue weighted by atomic mass is 9.77. The molecular formula is C31H36FNO6. The molecule has 2 aromatic carbocycles. The van der Waals surface area contributed by atoms with Crippen molar-refractivity contribution in [3.63, 3.8) is 0 Å². The maximum atomic E-state index is 13.6. The second-order valence-corrected chi connectivity index (χ2v) is 10.5. The second kappa shape index (κ2) is 12.2. The quantitative estimate of drug-likeness (QED) is 0.324. The largest absolute Gasteiger partial charge is 0.493 e. The molecule has 0 spiro atoms. The van der Waals surface area contributed by atoms with Gasteiger partial charge in [-0.1, -0.05) is 6.92 Å². The lowest BCUT2D eigenvalue weighted by molar-refractivity contribution is 0.0362. The zero-order valence-corrected chi connectivity index (χ0v) is 22.7. The first-order valence-electron chi connectivity index (χ1n) is 13.2. The van der Waals surface area contributed by atoms with Crippen molar-refractivity contribution in [2.24, 2.45) is 0 Å². The number of ketones is 1. The van der Waals surface area contributed by atoms with Gasteiger partial charge in [0.1, 0.15) is 18.0 Å². The Kier molecular flexibility index (Phi) is 9.00. The summed E-state index contributed by atoms with van der Waals surface area (Å²) in [7, 11) is 1.48. The molecule has 1 aliphatic heterocycles. The molecule has 2 N–H and O–H groups in total. The first-order valence-corrected chi connectivity index (χ1v) is 13.2. The predicted molar refractivity (Wildman–Crippen MR) is 146 cm³/mol. The van der Waals surface area contributed by atoms with Crippen molar-refractivity contribution in [1.82, 2.24) is 4.98 Å². The Morgan fingerprint density at radius 2 is 1.92 bits per heavy atom. The van der Waals surface area contributed by atoms with Gasteiger partial charge in [-0.25, -0.2) is 9.37 Å². The number of aliphatic hydroxyl groups excluding tert-OH is 1. The number of carbonyl (C=O) groups is 1. The molecule has 0 saturated carbocycles. The van der Waals surface area contributed by atoms with E-state index in [1.807, 2.05) is 12.1 Å². The van der Waals surface area contributed by atoms with E-state index in [0.29, 0.717) is 35.1 Å². The SMILES string of the molecule is COc1cc(C(=O)CCC(C)(O)c2cc(C3(C)CCCOC3)cc(-c3ccc(F)cc3)n2)ccc1OCCO. The van der Waals surface area contributed by atoms with Gasteiger partial charge in [-0.2, -0.15) is 0 Å². The van der Waals surface area contributed by atoms with Gasteiger partial charge in [-0.15, -0.1) is 0 Å². The molecule has 39 heavy (non-hydrogen) atoms. The van der Waals surface area contributed by atoms with Crippen LogP contribution in [0.15, 0.2) is 54.6 Å². The number of aliphatic hydroxyl groups is 2. The van der Waals surface area contributed by atoms with Gasteiger partial charge < -0.3 is 24.4 Å². The zero-order chi connectivity index (χ0) is 28.0. The zero-order valence-electron chi connectivity index (χ0n) is 22.7. The third kappa shape index (κ3) is 6.82. The number of methoxy groups -OCH3 is 1. The van der Waals surface area contributed by atoms with Crippen LogP contribution in [0, 0.1) is 5.82 Å². The molecule has 8 heteroatoms. The van der Waals surface area contributed by atoms with Crippen LogP contribution in [0.3, 0.4) is 0 Å². The van der Waals surface area contributed by atoms with Gasteiger partial charge in [-0.3, -0.25) is 4.79 Å². The number of hydrogen-bond donors (Lipinski definition) is 2. The van der Waals surface area contributed by atoms with Gasteiger partial charge in [0.05, 0.1) is 31.7 Å². The molecule has 1 fully saturated rings. The van der Waals surface area contributed by atoms with Crippen LogP contribution in [-0.4, -0.2) is 54.5 Å². The van der Waals surface area contributed by atoms with Crippen LogP contribution < -0.4 is 9.47 Å². The summed E-state index contributed by atoms with van der Waals surface area (Å²) in [5, 5.41) is 20.6. The van der Waals surface area contributed by atoms with Gasteiger partial charge >= 0.3 is 0 Å². The lowest BCUT2D eigenvalue weighted by Gasteiger charge is -2.35. The molecule has 2 atom stereocenters. The summed E-state index contributed by atoms with van der Waals surface area (Å²) in [5.41, 5.74) is 1.57. The third-order valence-corrected chi connectivity index (χ3v) is 7.33. The maximum absolute atomic E-state index is 13.6. The van der Waals surface area contributed by atoms with Crippen LogP contribution >= 0.6 is 0 Å². The van der Waals surface area contributed by atoms with Crippen molar-refractivity contribution in [2.75, 3.05) is 33.5 Å². The maximum Gasteiger partial charge on any atom is 0.163 e. The highest BCUT2D eigenvalue weighted by Gasteiger charge is 2.34. The molecule has 1 aromatic heterocycles. The molecule has 7 nitrogen and oxygen atoms in total. The molecule has 0 bridgehead atoms. The Bertz CT molecular complexity index is 1280. The van der Waals surface area contributed by atoms with Gasteiger partial charge in [0, 0.05) is 29.6 Å². The summed E-state index contributed by atoms with van der Waals surface area (Å²) in [5.74, 6) is 0.328. The van der Waals surface area contributed by atoms with Gasteiger partial charge in [-0.05, 0) is 86.3 Å². The summed E-state index contributed by atoms with van der Waals surface area (Å²) in [6.07, 6.45) is 2.08. The van der Waals surface area contributed by atoms with Crippen molar-refractivity contribution in [3.05, 3.63) is 77.2 Å².